The lowest BCUT2D eigenvalue weighted by molar-refractivity contribution is 0.358. The molecule has 1 aliphatic rings. The molecule has 0 radical (unpaired) electrons. The average Bonchev–Trinajstić information content (AvgIpc) is 2.42. The van der Waals surface area contributed by atoms with Crippen LogP contribution in [0, 0.1) is 5.82 Å². The zero-order valence-electron chi connectivity index (χ0n) is 12.8. The van der Waals surface area contributed by atoms with Crippen molar-refractivity contribution >= 4 is 34.2 Å². The quantitative estimate of drug-likeness (QED) is 0.816. The van der Waals surface area contributed by atoms with Crippen molar-refractivity contribution in [3.63, 3.8) is 0 Å². The minimum atomic E-state index is -3.71. The summed E-state index contributed by atoms with van der Waals surface area (Å²) in [6, 6.07) is 4.13. The van der Waals surface area contributed by atoms with E-state index in [0.29, 0.717) is 6.42 Å². The molecule has 9 heteroatoms. The fourth-order valence-corrected chi connectivity index (χ4v) is 3.96. The van der Waals surface area contributed by atoms with Crippen LogP contribution in [0.15, 0.2) is 18.2 Å². The molecule has 1 fully saturated rings. The van der Waals surface area contributed by atoms with Crippen LogP contribution in [0.3, 0.4) is 0 Å². The van der Waals surface area contributed by atoms with Crippen molar-refractivity contribution in [2.24, 2.45) is 5.73 Å². The van der Waals surface area contributed by atoms with Gasteiger partial charge in [0.15, 0.2) is 0 Å². The fraction of sp³-hybridized carbons (Fsp3) is 0.571. The lowest BCUT2D eigenvalue weighted by Gasteiger charge is -2.29. The summed E-state index contributed by atoms with van der Waals surface area (Å²) in [5.41, 5.74) is 6.03. The van der Waals surface area contributed by atoms with Crippen molar-refractivity contribution in [1.82, 2.24) is 9.03 Å². The Bertz CT molecular complexity index is 610. The molecule has 0 saturated heterocycles. The number of halogens is 3. The van der Waals surface area contributed by atoms with Crippen LogP contribution in [0.2, 0.25) is 5.02 Å². The van der Waals surface area contributed by atoms with E-state index in [1.165, 1.54) is 25.2 Å². The summed E-state index contributed by atoms with van der Waals surface area (Å²) < 4.78 is 42.2. The van der Waals surface area contributed by atoms with Gasteiger partial charge in [0.25, 0.3) is 10.2 Å². The van der Waals surface area contributed by atoms with Gasteiger partial charge in [0.2, 0.25) is 0 Å². The van der Waals surface area contributed by atoms with Crippen LogP contribution in [0.5, 0.6) is 0 Å². The van der Waals surface area contributed by atoms with E-state index in [-0.39, 0.29) is 41.6 Å². The van der Waals surface area contributed by atoms with E-state index < -0.39 is 16.0 Å². The van der Waals surface area contributed by atoms with Gasteiger partial charge in [-0.15, -0.1) is 12.4 Å². The number of nitrogens with two attached hydrogens (primary N) is 1. The van der Waals surface area contributed by atoms with Crippen molar-refractivity contribution in [3.8, 4) is 0 Å². The standard InChI is InChI=1S/C14H21ClFN3O2S.ClH/c1-19(9-12-13(15)6-3-7-14(12)16)22(20,21)18-11-5-2-4-10(17)8-11;/h3,6-7,10-11,18H,2,4-5,8-9,17H2,1H3;1H. The van der Waals surface area contributed by atoms with Crippen LogP contribution in [0.1, 0.15) is 31.2 Å². The van der Waals surface area contributed by atoms with Crippen LogP contribution < -0.4 is 10.5 Å². The number of hydrogen-bond acceptors (Lipinski definition) is 3. The first-order valence-corrected chi connectivity index (χ1v) is 9.03. The predicted molar refractivity (Wildman–Crippen MR) is 92.4 cm³/mol. The van der Waals surface area contributed by atoms with Crippen molar-refractivity contribution in [2.45, 2.75) is 44.3 Å². The number of rotatable bonds is 5. The van der Waals surface area contributed by atoms with E-state index in [2.05, 4.69) is 4.72 Å². The Morgan fingerprint density at radius 1 is 1.43 bits per heavy atom. The third kappa shape index (κ3) is 5.55. The molecule has 23 heavy (non-hydrogen) atoms. The van der Waals surface area contributed by atoms with Crippen LogP contribution in [0.4, 0.5) is 4.39 Å². The normalized spacial score (nSPS) is 22.0. The summed E-state index contributed by atoms with van der Waals surface area (Å²) >= 11 is 5.94. The van der Waals surface area contributed by atoms with Crippen molar-refractivity contribution in [3.05, 3.63) is 34.6 Å². The molecule has 2 unspecified atom stereocenters. The topological polar surface area (TPSA) is 75.4 Å². The third-order valence-electron chi connectivity index (χ3n) is 3.88. The van der Waals surface area contributed by atoms with Gasteiger partial charge in [-0.1, -0.05) is 24.1 Å². The van der Waals surface area contributed by atoms with E-state index in [1.807, 2.05) is 0 Å². The monoisotopic (exact) mass is 385 g/mol. The zero-order valence-corrected chi connectivity index (χ0v) is 15.2. The third-order valence-corrected chi connectivity index (χ3v) is 5.82. The van der Waals surface area contributed by atoms with E-state index in [4.69, 9.17) is 17.3 Å². The highest BCUT2D eigenvalue weighted by atomic mass is 35.5. The van der Waals surface area contributed by atoms with Gasteiger partial charge in [0.05, 0.1) is 0 Å². The first-order valence-electron chi connectivity index (χ1n) is 7.21. The Morgan fingerprint density at radius 2 is 2.13 bits per heavy atom. The Balaban J connectivity index is 0.00000264. The first-order chi connectivity index (χ1) is 10.3. The summed E-state index contributed by atoms with van der Waals surface area (Å²) in [4.78, 5) is 0. The average molecular weight is 386 g/mol. The molecule has 0 aromatic heterocycles. The van der Waals surface area contributed by atoms with Crippen LogP contribution >= 0.6 is 24.0 Å². The maximum Gasteiger partial charge on any atom is 0.279 e. The minimum absolute atomic E-state index is 0. The highest BCUT2D eigenvalue weighted by Gasteiger charge is 2.27. The number of hydrogen-bond donors (Lipinski definition) is 2. The molecule has 1 saturated carbocycles. The summed E-state index contributed by atoms with van der Waals surface area (Å²) in [5, 5.41) is 0.210. The highest BCUT2D eigenvalue weighted by Crippen LogP contribution is 2.22. The van der Waals surface area contributed by atoms with Gasteiger partial charge in [0, 0.05) is 36.3 Å². The summed E-state index contributed by atoms with van der Waals surface area (Å²) in [6.07, 6.45) is 3.20. The van der Waals surface area contributed by atoms with E-state index >= 15 is 0 Å². The minimum Gasteiger partial charge on any atom is -0.328 e. The number of nitrogens with zero attached hydrogens (tertiary/aromatic N) is 1. The number of nitrogens with one attached hydrogen (secondary N) is 1. The molecule has 3 N–H and O–H groups in total. The van der Waals surface area contributed by atoms with E-state index in [9.17, 15) is 12.8 Å². The molecule has 0 spiro atoms. The van der Waals surface area contributed by atoms with Gasteiger partial charge in [-0.05, 0) is 31.4 Å². The predicted octanol–water partition coefficient (Wildman–Crippen LogP) is 2.44. The highest BCUT2D eigenvalue weighted by molar-refractivity contribution is 7.87. The van der Waals surface area contributed by atoms with Crippen molar-refractivity contribution in [2.75, 3.05) is 7.05 Å². The fourth-order valence-electron chi connectivity index (χ4n) is 2.63. The second-order valence-electron chi connectivity index (χ2n) is 5.70. The summed E-state index contributed by atoms with van der Waals surface area (Å²) in [7, 11) is -2.32. The lowest BCUT2D eigenvalue weighted by Crippen LogP contribution is -2.47. The van der Waals surface area contributed by atoms with Gasteiger partial charge in [-0.2, -0.15) is 17.4 Å². The second-order valence-corrected chi connectivity index (χ2v) is 7.92. The summed E-state index contributed by atoms with van der Waals surface area (Å²) in [5.74, 6) is -0.519. The SMILES string of the molecule is CN(Cc1c(F)cccc1Cl)S(=O)(=O)NC1CCCC(N)C1.Cl. The van der Waals surface area contributed by atoms with Crippen molar-refractivity contribution < 1.29 is 12.8 Å². The molecule has 2 atom stereocenters. The molecular weight excluding hydrogens is 364 g/mol. The van der Waals surface area contributed by atoms with Gasteiger partial charge < -0.3 is 5.73 Å². The first kappa shape index (κ1) is 20.6. The molecule has 0 amide bonds. The van der Waals surface area contributed by atoms with Crippen LogP contribution in [0.25, 0.3) is 0 Å². The van der Waals surface area contributed by atoms with Crippen molar-refractivity contribution in [1.29, 1.82) is 0 Å². The molecule has 1 aliphatic carbocycles. The maximum absolute atomic E-state index is 13.8. The zero-order chi connectivity index (χ0) is 16.3. The van der Waals surface area contributed by atoms with E-state index in [1.54, 1.807) is 0 Å². The van der Waals surface area contributed by atoms with Crippen LogP contribution in [-0.4, -0.2) is 31.9 Å². The molecule has 5 nitrogen and oxygen atoms in total. The Labute approximate surface area is 148 Å². The molecule has 0 bridgehead atoms. The maximum atomic E-state index is 13.8. The van der Waals surface area contributed by atoms with Gasteiger partial charge in [-0.3, -0.25) is 0 Å². The Morgan fingerprint density at radius 3 is 2.74 bits per heavy atom. The summed E-state index contributed by atoms with van der Waals surface area (Å²) in [6.45, 7) is -0.125. The van der Waals surface area contributed by atoms with Gasteiger partial charge in [0.1, 0.15) is 5.82 Å². The molecule has 1 aromatic carbocycles. The van der Waals surface area contributed by atoms with Crippen LogP contribution in [-0.2, 0) is 16.8 Å². The molecule has 1 aromatic rings. The molecule has 0 heterocycles. The Hall–Kier alpha value is -0.440. The second kappa shape index (κ2) is 8.60. The number of benzene rings is 1. The molecular formula is C14H22Cl2FN3O2S. The largest absolute Gasteiger partial charge is 0.328 e. The van der Waals surface area contributed by atoms with Gasteiger partial charge >= 0.3 is 0 Å². The Kier molecular flexibility index (Phi) is 7.70. The lowest BCUT2D eigenvalue weighted by atomic mass is 9.92. The van der Waals surface area contributed by atoms with Gasteiger partial charge in [-0.25, -0.2) is 4.39 Å². The molecule has 132 valence electrons. The smallest absolute Gasteiger partial charge is 0.279 e. The van der Waals surface area contributed by atoms with E-state index in [0.717, 1.165) is 23.6 Å². The molecule has 2 rings (SSSR count). The molecule has 0 aliphatic heterocycles.